The van der Waals surface area contributed by atoms with E-state index in [-0.39, 0.29) is 0 Å². The minimum Gasteiger partial charge on any atom is -0.398 e. The molecule has 1 unspecified atom stereocenters. The summed E-state index contributed by atoms with van der Waals surface area (Å²) in [5, 5.41) is 14.1. The molecule has 4 heteroatoms. The van der Waals surface area contributed by atoms with Crippen molar-refractivity contribution in [1.29, 1.82) is 0 Å². The maximum atomic E-state index is 10.1. The first-order valence-corrected chi connectivity index (χ1v) is 4.69. The molecule has 78 valence electrons. The average molecular weight is 203 g/mol. The lowest BCUT2D eigenvalue weighted by Gasteiger charge is -2.10. The van der Waals surface area contributed by atoms with Crippen LogP contribution in [-0.2, 0) is 7.05 Å². The Labute approximate surface area is 88.0 Å². The van der Waals surface area contributed by atoms with Crippen molar-refractivity contribution in [2.75, 3.05) is 5.73 Å². The summed E-state index contributed by atoms with van der Waals surface area (Å²) in [4.78, 5) is 0. The monoisotopic (exact) mass is 203 g/mol. The number of para-hydroxylation sites is 1. The molecule has 2 rings (SSSR count). The summed E-state index contributed by atoms with van der Waals surface area (Å²) >= 11 is 0. The predicted octanol–water partition coefficient (Wildman–Crippen LogP) is 1.08. The van der Waals surface area contributed by atoms with Crippen molar-refractivity contribution in [2.45, 2.75) is 6.10 Å². The lowest BCUT2D eigenvalue weighted by molar-refractivity contribution is 0.221. The maximum Gasteiger partial charge on any atom is 0.109 e. The number of aromatic nitrogens is 2. The number of nitrogen functional groups attached to an aromatic ring is 1. The van der Waals surface area contributed by atoms with Gasteiger partial charge in [0.25, 0.3) is 0 Å². The Bertz CT molecular complexity index is 464. The largest absolute Gasteiger partial charge is 0.398 e. The number of rotatable bonds is 2. The highest BCUT2D eigenvalue weighted by molar-refractivity contribution is 5.49. The first kappa shape index (κ1) is 9.73. The Balaban J connectivity index is 2.36. The fourth-order valence-electron chi connectivity index (χ4n) is 1.52. The summed E-state index contributed by atoms with van der Waals surface area (Å²) in [6, 6.07) is 7.28. The highest BCUT2D eigenvalue weighted by atomic mass is 16.3. The molecule has 0 bridgehead atoms. The summed E-state index contributed by atoms with van der Waals surface area (Å²) in [5.41, 5.74) is 7.83. The van der Waals surface area contributed by atoms with Gasteiger partial charge in [-0.1, -0.05) is 18.2 Å². The summed E-state index contributed by atoms with van der Waals surface area (Å²) in [5.74, 6) is 0. The van der Waals surface area contributed by atoms with Gasteiger partial charge in [-0.3, -0.25) is 4.68 Å². The first-order valence-electron chi connectivity index (χ1n) is 4.69. The average Bonchev–Trinajstić information content (AvgIpc) is 2.65. The van der Waals surface area contributed by atoms with Gasteiger partial charge >= 0.3 is 0 Å². The molecule has 0 radical (unpaired) electrons. The number of nitrogens with zero attached hydrogens (tertiary/aromatic N) is 2. The molecule has 0 aliphatic rings. The molecule has 15 heavy (non-hydrogen) atoms. The molecule has 0 saturated heterocycles. The van der Waals surface area contributed by atoms with Crippen LogP contribution in [0.3, 0.4) is 0 Å². The number of hydrogen-bond acceptors (Lipinski definition) is 3. The number of benzene rings is 1. The van der Waals surface area contributed by atoms with E-state index in [9.17, 15) is 5.11 Å². The van der Waals surface area contributed by atoms with Crippen LogP contribution in [0.25, 0.3) is 0 Å². The topological polar surface area (TPSA) is 64.1 Å². The Morgan fingerprint density at radius 1 is 1.40 bits per heavy atom. The standard InChI is InChI=1S/C11H13N3O/c1-14-7-8(6-13-14)11(15)9-4-2-3-5-10(9)12/h2-7,11,15H,12H2,1H3. The van der Waals surface area contributed by atoms with Crippen molar-refractivity contribution in [3.05, 3.63) is 47.8 Å². The van der Waals surface area contributed by atoms with Crippen molar-refractivity contribution < 1.29 is 5.11 Å². The van der Waals surface area contributed by atoms with E-state index in [0.29, 0.717) is 11.3 Å². The van der Waals surface area contributed by atoms with Crippen LogP contribution in [0.15, 0.2) is 36.7 Å². The van der Waals surface area contributed by atoms with Crippen LogP contribution < -0.4 is 5.73 Å². The molecule has 0 amide bonds. The van der Waals surface area contributed by atoms with Gasteiger partial charge in [-0.25, -0.2) is 0 Å². The fraction of sp³-hybridized carbons (Fsp3) is 0.182. The summed E-state index contributed by atoms with van der Waals surface area (Å²) in [6.45, 7) is 0. The lowest BCUT2D eigenvalue weighted by atomic mass is 10.0. The van der Waals surface area contributed by atoms with Crippen LogP contribution in [0.2, 0.25) is 0 Å². The Hall–Kier alpha value is -1.81. The minimum absolute atomic E-state index is 0.592. The first-order chi connectivity index (χ1) is 7.18. The van der Waals surface area contributed by atoms with Crippen molar-refractivity contribution >= 4 is 5.69 Å². The van der Waals surface area contributed by atoms with Crippen molar-refractivity contribution in [3.63, 3.8) is 0 Å². The van der Waals surface area contributed by atoms with Crippen molar-refractivity contribution in [3.8, 4) is 0 Å². The second-order valence-electron chi connectivity index (χ2n) is 3.48. The highest BCUT2D eigenvalue weighted by Gasteiger charge is 2.14. The lowest BCUT2D eigenvalue weighted by Crippen LogP contribution is -2.02. The Kier molecular flexibility index (Phi) is 2.43. The van der Waals surface area contributed by atoms with Gasteiger partial charge in [0.1, 0.15) is 6.10 Å². The molecule has 0 aliphatic heterocycles. The van der Waals surface area contributed by atoms with E-state index in [1.807, 2.05) is 25.2 Å². The number of aliphatic hydroxyl groups is 1. The number of aryl methyl sites for hydroxylation is 1. The van der Waals surface area contributed by atoms with Gasteiger partial charge in [0, 0.05) is 30.1 Å². The molecule has 3 N–H and O–H groups in total. The zero-order valence-corrected chi connectivity index (χ0v) is 8.46. The molecule has 0 spiro atoms. The van der Waals surface area contributed by atoms with E-state index in [1.54, 1.807) is 23.1 Å². The highest BCUT2D eigenvalue weighted by Crippen LogP contribution is 2.25. The number of aliphatic hydroxyl groups excluding tert-OH is 1. The second kappa shape index (κ2) is 3.74. The van der Waals surface area contributed by atoms with Gasteiger partial charge in [0.05, 0.1) is 6.20 Å². The van der Waals surface area contributed by atoms with E-state index in [1.165, 1.54) is 0 Å². The zero-order valence-electron chi connectivity index (χ0n) is 8.46. The normalized spacial score (nSPS) is 12.7. The van der Waals surface area contributed by atoms with Gasteiger partial charge in [0.15, 0.2) is 0 Å². The second-order valence-corrected chi connectivity index (χ2v) is 3.48. The molecule has 0 aliphatic carbocycles. The third-order valence-corrected chi connectivity index (χ3v) is 2.33. The molecule has 1 aromatic carbocycles. The van der Waals surface area contributed by atoms with Crippen LogP contribution in [0.5, 0.6) is 0 Å². The van der Waals surface area contributed by atoms with E-state index < -0.39 is 6.10 Å². The van der Waals surface area contributed by atoms with E-state index in [2.05, 4.69) is 5.10 Å². The third-order valence-electron chi connectivity index (χ3n) is 2.33. The summed E-state index contributed by atoms with van der Waals surface area (Å²) < 4.78 is 1.65. The van der Waals surface area contributed by atoms with Crippen molar-refractivity contribution in [2.24, 2.45) is 7.05 Å². The SMILES string of the molecule is Cn1cc(C(O)c2ccccc2N)cn1. The molecular weight excluding hydrogens is 190 g/mol. The molecule has 0 fully saturated rings. The van der Waals surface area contributed by atoms with Gasteiger partial charge in [-0.2, -0.15) is 5.10 Å². The molecule has 2 aromatic rings. The quantitative estimate of drug-likeness (QED) is 0.718. The van der Waals surface area contributed by atoms with Gasteiger partial charge in [0.2, 0.25) is 0 Å². The van der Waals surface area contributed by atoms with E-state index >= 15 is 0 Å². The van der Waals surface area contributed by atoms with E-state index in [4.69, 9.17) is 5.73 Å². The van der Waals surface area contributed by atoms with Crippen LogP contribution in [0, 0.1) is 0 Å². The maximum absolute atomic E-state index is 10.1. The van der Waals surface area contributed by atoms with Crippen LogP contribution in [0.1, 0.15) is 17.2 Å². The summed E-state index contributed by atoms with van der Waals surface area (Å²) in [6.07, 6.45) is 2.70. The Morgan fingerprint density at radius 3 is 2.73 bits per heavy atom. The van der Waals surface area contributed by atoms with Crippen LogP contribution >= 0.6 is 0 Å². The smallest absolute Gasteiger partial charge is 0.109 e. The number of hydrogen-bond donors (Lipinski definition) is 2. The summed E-state index contributed by atoms with van der Waals surface area (Å²) in [7, 11) is 1.81. The molecule has 1 atom stereocenters. The van der Waals surface area contributed by atoms with Crippen LogP contribution in [-0.4, -0.2) is 14.9 Å². The third kappa shape index (κ3) is 1.85. The molecule has 0 saturated carbocycles. The number of nitrogens with two attached hydrogens (primary N) is 1. The van der Waals surface area contributed by atoms with Gasteiger partial charge in [-0.05, 0) is 6.07 Å². The molecule has 4 nitrogen and oxygen atoms in total. The number of anilines is 1. The zero-order chi connectivity index (χ0) is 10.8. The van der Waals surface area contributed by atoms with Crippen molar-refractivity contribution in [1.82, 2.24) is 9.78 Å². The fourth-order valence-corrected chi connectivity index (χ4v) is 1.52. The van der Waals surface area contributed by atoms with Gasteiger partial charge < -0.3 is 10.8 Å². The molecule has 1 heterocycles. The van der Waals surface area contributed by atoms with Gasteiger partial charge in [-0.15, -0.1) is 0 Å². The Morgan fingerprint density at radius 2 is 2.13 bits per heavy atom. The van der Waals surface area contributed by atoms with Crippen LogP contribution in [0.4, 0.5) is 5.69 Å². The predicted molar refractivity (Wildman–Crippen MR) is 58.1 cm³/mol. The minimum atomic E-state index is -0.708. The molecule has 1 aromatic heterocycles. The van der Waals surface area contributed by atoms with E-state index in [0.717, 1.165) is 5.56 Å². The molecular formula is C11H13N3O.